The van der Waals surface area contributed by atoms with Gasteiger partial charge in [0.15, 0.2) is 0 Å². The molecule has 0 spiro atoms. The van der Waals surface area contributed by atoms with Gasteiger partial charge in [0, 0.05) is 26.2 Å². The van der Waals surface area contributed by atoms with Gasteiger partial charge in [-0.25, -0.2) is 9.18 Å². The minimum Gasteiger partial charge on any atom is -0.465 e. The number of rotatable bonds is 4. The quantitative estimate of drug-likeness (QED) is 0.864. The monoisotopic (exact) mass is 300 g/mol. The van der Waals surface area contributed by atoms with Crippen molar-refractivity contribution in [2.45, 2.75) is 13.0 Å². The number of halogens is 2. The fourth-order valence-electron chi connectivity index (χ4n) is 2.34. The Bertz CT molecular complexity index is 478. The van der Waals surface area contributed by atoms with E-state index in [2.05, 4.69) is 5.32 Å². The molecule has 0 amide bonds. The van der Waals surface area contributed by atoms with E-state index >= 15 is 0 Å². The highest BCUT2D eigenvalue weighted by atomic mass is 35.5. The molecule has 1 aromatic carbocycles. The molecule has 0 aliphatic carbocycles. The van der Waals surface area contributed by atoms with E-state index in [9.17, 15) is 9.18 Å². The third-order valence-corrected chi connectivity index (χ3v) is 3.58. The first-order valence-corrected chi connectivity index (χ1v) is 7.07. The van der Waals surface area contributed by atoms with Crippen LogP contribution in [0.2, 0.25) is 5.02 Å². The van der Waals surface area contributed by atoms with Gasteiger partial charge in [-0.05, 0) is 24.6 Å². The first-order chi connectivity index (χ1) is 9.63. The van der Waals surface area contributed by atoms with Crippen LogP contribution in [0.1, 0.15) is 18.5 Å². The summed E-state index contributed by atoms with van der Waals surface area (Å²) in [5, 5.41) is 3.25. The Morgan fingerprint density at radius 3 is 2.80 bits per heavy atom. The van der Waals surface area contributed by atoms with Crippen molar-refractivity contribution in [2.75, 3.05) is 32.8 Å². The lowest BCUT2D eigenvalue weighted by Crippen LogP contribution is -2.47. The molecular weight excluding hydrogens is 283 g/mol. The third kappa shape index (κ3) is 3.48. The van der Waals surface area contributed by atoms with Crippen molar-refractivity contribution in [3.05, 3.63) is 34.6 Å². The van der Waals surface area contributed by atoms with Gasteiger partial charge in [0.25, 0.3) is 0 Å². The average molecular weight is 301 g/mol. The normalized spacial score (nSPS) is 17.8. The molecule has 6 heteroatoms. The second kappa shape index (κ2) is 7.02. The van der Waals surface area contributed by atoms with Gasteiger partial charge in [0.2, 0.25) is 0 Å². The summed E-state index contributed by atoms with van der Waals surface area (Å²) in [5.41, 5.74) is 0.664. The first-order valence-electron chi connectivity index (χ1n) is 6.70. The van der Waals surface area contributed by atoms with Crippen LogP contribution in [0.4, 0.5) is 4.39 Å². The molecule has 1 aromatic rings. The number of carbonyl (C=O) groups excluding carboxylic acids is 1. The summed E-state index contributed by atoms with van der Waals surface area (Å²) in [4.78, 5) is 14.2. The Labute approximate surface area is 122 Å². The Morgan fingerprint density at radius 2 is 2.20 bits per heavy atom. The Hall–Kier alpha value is -1.17. The second-order valence-electron chi connectivity index (χ2n) is 4.61. The lowest BCUT2D eigenvalue weighted by molar-refractivity contribution is -0.150. The highest BCUT2D eigenvalue weighted by Gasteiger charge is 2.30. The topological polar surface area (TPSA) is 41.6 Å². The molecule has 0 radical (unpaired) electrons. The van der Waals surface area contributed by atoms with Gasteiger partial charge in [-0.1, -0.05) is 17.7 Å². The van der Waals surface area contributed by atoms with Crippen LogP contribution in [0.15, 0.2) is 18.2 Å². The molecule has 1 N–H and O–H groups in total. The minimum atomic E-state index is -0.532. The van der Waals surface area contributed by atoms with E-state index in [0.717, 1.165) is 26.2 Å². The highest BCUT2D eigenvalue weighted by Crippen LogP contribution is 2.26. The molecule has 20 heavy (non-hydrogen) atoms. The molecular formula is C14H18ClFN2O2. The number of piperazine rings is 1. The summed E-state index contributed by atoms with van der Waals surface area (Å²) in [6.45, 7) is 5.17. The van der Waals surface area contributed by atoms with Gasteiger partial charge in [0.1, 0.15) is 11.9 Å². The van der Waals surface area contributed by atoms with Crippen LogP contribution in [-0.2, 0) is 9.53 Å². The van der Waals surface area contributed by atoms with Crippen LogP contribution >= 0.6 is 11.6 Å². The van der Waals surface area contributed by atoms with Gasteiger partial charge >= 0.3 is 5.97 Å². The summed E-state index contributed by atoms with van der Waals surface area (Å²) in [5.74, 6) is -0.810. The van der Waals surface area contributed by atoms with Gasteiger partial charge in [0.05, 0.1) is 11.6 Å². The third-order valence-electron chi connectivity index (χ3n) is 3.29. The van der Waals surface area contributed by atoms with E-state index in [0.29, 0.717) is 12.2 Å². The van der Waals surface area contributed by atoms with Gasteiger partial charge in [-0.3, -0.25) is 4.90 Å². The second-order valence-corrected chi connectivity index (χ2v) is 5.02. The maximum absolute atomic E-state index is 13.3. The Kier molecular flexibility index (Phi) is 5.34. The molecule has 1 saturated heterocycles. The largest absolute Gasteiger partial charge is 0.465 e. The molecule has 1 unspecified atom stereocenters. The molecule has 1 fully saturated rings. The Balaban J connectivity index is 2.28. The molecule has 110 valence electrons. The zero-order valence-electron chi connectivity index (χ0n) is 11.4. The van der Waals surface area contributed by atoms with E-state index in [1.54, 1.807) is 13.0 Å². The molecule has 1 heterocycles. The molecule has 0 aromatic heterocycles. The smallest absolute Gasteiger partial charge is 0.328 e. The lowest BCUT2D eigenvalue weighted by Gasteiger charge is -2.33. The van der Waals surface area contributed by atoms with E-state index < -0.39 is 11.9 Å². The van der Waals surface area contributed by atoms with E-state index in [1.165, 1.54) is 12.1 Å². The highest BCUT2D eigenvalue weighted by molar-refractivity contribution is 6.30. The maximum Gasteiger partial charge on any atom is 0.328 e. The standard InChI is InChI=1S/C14H18ClFN2O2/c1-2-20-14(19)13(18-7-5-17-6-8-18)10-3-4-12(16)11(15)9-10/h3-4,9,13,17H,2,5-8H2,1H3. The molecule has 0 bridgehead atoms. The number of hydrogen-bond donors (Lipinski definition) is 1. The first kappa shape index (κ1) is 15.2. The van der Waals surface area contributed by atoms with Crippen molar-refractivity contribution in [3.63, 3.8) is 0 Å². The van der Waals surface area contributed by atoms with Crippen LogP contribution in [-0.4, -0.2) is 43.7 Å². The van der Waals surface area contributed by atoms with Crippen LogP contribution in [0.3, 0.4) is 0 Å². The van der Waals surface area contributed by atoms with Crippen molar-refractivity contribution >= 4 is 17.6 Å². The summed E-state index contributed by atoms with van der Waals surface area (Å²) in [7, 11) is 0. The molecule has 1 aliphatic rings. The zero-order valence-corrected chi connectivity index (χ0v) is 12.1. The van der Waals surface area contributed by atoms with Gasteiger partial charge in [-0.15, -0.1) is 0 Å². The lowest BCUT2D eigenvalue weighted by atomic mass is 10.0. The Morgan fingerprint density at radius 1 is 1.50 bits per heavy atom. The van der Waals surface area contributed by atoms with Crippen LogP contribution < -0.4 is 5.32 Å². The molecule has 2 rings (SSSR count). The SMILES string of the molecule is CCOC(=O)C(c1ccc(F)c(Cl)c1)N1CCNCC1. The van der Waals surface area contributed by atoms with E-state index in [1.807, 2.05) is 4.90 Å². The van der Waals surface area contributed by atoms with Gasteiger partial charge < -0.3 is 10.1 Å². The van der Waals surface area contributed by atoms with Crippen molar-refractivity contribution in [3.8, 4) is 0 Å². The number of carbonyl (C=O) groups is 1. The number of benzene rings is 1. The maximum atomic E-state index is 13.3. The van der Waals surface area contributed by atoms with Crippen LogP contribution in [0.25, 0.3) is 0 Å². The molecule has 1 atom stereocenters. The van der Waals surface area contributed by atoms with Crippen molar-refractivity contribution < 1.29 is 13.9 Å². The summed E-state index contributed by atoms with van der Waals surface area (Å²) < 4.78 is 18.4. The minimum absolute atomic E-state index is 0.0203. The van der Waals surface area contributed by atoms with Gasteiger partial charge in [-0.2, -0.15) is 0 Å². The van der Waals surface area contributed by atoms with E-state index in [-0.39, 0.29) is 11.0 Å². The van der Waals surface area contributed by atoms with Crippen LogP contribution in [0.5, 0.6) is 0 Å². The predicted molar refractivity (Wildman–Crippen MR) is 75.2 cm³/mol. The van der Waals surface area contributed by atoms with Crippen molar-refractivity contribution in [1.29, 1.82) is 0 Å². The van der Waals surface area contributed by atoms with E-state index in [4.69, 9.17) is 16.3 Å². The summed E-state index contributed by atoms with van der Waals surface area (Å²) in [6.07, 6.45) is 0. The number of nitrogens with zero attached hydrogens (tertiary/aromatic N) is 1. The summed E-state index contributed by atoms with van der Waals surface area (Å²) >= 11 is 5.82. The van der Waals surface area contributed by atoms with Crippen molar-refractivity contribution in [2.24, 2.45) is 0 Å². The number of nitrogens with one attached hydrogen (secondary N) is 1. The number of esters is 1. The van der Waals surface area contributed by atoms with Crippen LogP contribution in [0, 0.1) is 5.82 Å². The predicted octanol–water partition coefficient (Wildman–Crippen LogP) is 1.99. The zero-order chi connectivity index (χ0) is 14.5. The molecule has 1 aliphatic heterocycles. The fraction of sp³-hybridized carbons (Fsp3) is 0.500. The van der Waals surface area contributed by atoms with Crippen molar-refractivity contribution in [1.82, 2.24) is 10.2 Å². The number of hydrogen-bond acceptors (Lipinski definition) is 4. The average Bonchev–Trinajstić information content (AvgIpc) is 2.44. The molecule has 4 nitrogen and oxygen atoms in total. The summed E-state index contributed by atoms with van der Waals surface area (Å²) in [6, 6.07) is 3.84. The molecule has 0 saturated carbocycles. The fourth-order valence-corrected chi connectivity index (χ4v) is 2.53. The number of ether oxygens (including phenoxy) is 1.